The normalized spacial score (nSPS) is 19.4. The first-order chi connectivity index (χ1) is 15.6. The van der Waals surface area contributed by atoms with Gasteiger partial charge in [0.2, 0.25) is 0 Å². The van der Waals surface area contributed by atoms with Crippen LogP contribution in [0.25, 0.3) is 0 Å². The Hall–Kier alpha value is -1.92. The predicted molar refractivity (Wildman–Crippen MR) is 139 cm³/mol. The van der Waals surface area contributed by atoms with Crippen molar-refractivity contribution >= 4 is 29.9 Å². The maximum Gasteiger partial charge on any atom is 0.194 e. The van der Waals surface area contributed by atoms with Gasteiger partial charge in [-0.25, -0.2) is 4.99 Å². The summed E-state index contributed by atoms with van der Waals surface area (Å²) in [6.07, 6.45) is 2.08. The van der Waals surface area contributed by atoms with Gasteiger partial charge in [0, 0.05) is 45.8 Å². The molecule has 1 aromatic carbocycles. The van der Waals surface area contributed by atoms with Crippen molar-refractivity contribution in [2.45, 2.75) is 32.4 Å². The monoisotopic (exact) mass is 569 g/mol. The quantitative estimate of drug-likeness (QED) is 0.310. The summed E-state index contributed by atoms with van der Waals surface area (Å²) in [5.41, 5.74) is 1.27. The fourth-order valence-corrected chi connectivity index (χ4v) is 4.29. The number of aryl methyl sites for hydroxylation is 1. The largest absolute Gasteiger partial charge is 0.497 e. The molecule has 0 amide bonds. The molecule has 0 saturated carbocycles. The zero-order chi connectivity index (χ0) is 22.3. The minimum Gasteiger partial charge on any atom is -0.497 e. The average Bonchev–Trinajstić information content (AvgIpc) is 3.45. The lowest BCUT2D eigenvalue weighted by Gasteiger charge is -2.32. The number of aromatic nitrogens is 3. The number of methoxy groups -OCH3 is 1. The van der Waals surface area contributed by atoms with Crippen LogP contribution in [0.2, 0.25) is 0 Å². The van der Waals surface area contributed by atoms with E-state index < -0.39 is 0 Å². The SMILES string of the molecule is COc1ccc(CCNC(=NCc2nnc(C)n2C)N2CCC(N3CCOCC3)C2)cc1.I. The Bertz CT molecular complexity index is 897. The summed E-state index contributed by atoms with van der Waals surface area (Å²) in [5.74, 6) is 3.61. The number of morpholine rings is 1. The third-order valence-electron chi connectivity index (χ3n) is 6.43. The molecule has 2 aromatic rings. The Balaban J connectivity index is 0.00000306. The molecule has 1 aromatic heterocycles. The topological polar surface area (TPSA) is 80.0 Å². The number of likely N-dealkylation sites (tertiary alicyclic amines) is 1. The number of aliphatic imine (C=N–C) groups is 1. The molecule has 2 saturated heterocycles. The van der Waals surface area contributed by atoms with Crippen LogP contribution < -0.4 is 10.1 Å². The summed E-state index contributed by atoms with van der Waals surface area (Å²) in [7, 11) is 3.68. The summed E-state index contributed by atoms with van der Waals surface area (Å²) in [5, 5.41) is 12.0. The van der Waals surface area contributed by atoms with Gasteiger partial charge in [0.15, 0.2) is 11.8 Å². The zero-order valence-corrected chi connectivity index (χ0v) is 22.2. The van der Waals surface area contributed by atoms with E-state index in [1.54, 1.807) is 7.11 Å². The van der Waals surface area contributed by atoms with Crippen LogP contribution in [0, 0.1) is 6.92 Å². The van der Waals surface area contributed by atoms with Gasteiger partial charge in [-0.15, -0.1) is 34.2 Å². The highest BCUT2D eigenvalue weighted by molar-refractivity contribution is 14.0. The Labute approximate surface area is 213 Å². The third-order valence-corrected chi connectivity index (χ3v) is 6.43. The lowest BCUT2D eigenvalue weighted by atomic mass is 10.1. The molecular weight excluding hydrogens is 533 g/mol. The second-order valence-electron chi connectivity index (χ2n) is 8.42. The smallest absolute Gasteiger partial charge is 0.194 e. The maximum atomic E-state index is 5.53. The van der Waals surface area contributed by atoms with Gasteiger partial charge in [-0.3, -0.25) is 4.90 Å². The van der Waals surface area contributed by atoms with Crippen LogP contribution in [0.15, 0.2) is 29.3 Å². The second-order valence-corrected chi connectivity index (χ2v) is 8.42. The molecule has 3 heterocycles. The van der Waals surface area contributed by atoms with Crippen molar-refractivity contribution in [3.63, 3.8) is 0 Å². The van der Waals surface area contributed by atoms with Crippen molar-refractivity contribution in [3.8, 4) is 5.75 Å². The third kappa shape index (κ3) is 6.80. The molecular formula is C23H36IN7O2. The van der Waals surface area contributed by atoms with Crippen molar-refractivity contribution in [1.29, 1.82) is 0 Å². The Morgan fingerprint density at radius 3 is 2.61 bits per heavy atom. The summed E-state index contributed by atoms with van der Waals surface area (Å²) in [4.78, 5) is 9.88. The van der Waals surface area contributed by atoms with Gasteiger partial charge in [-0.1, -0.05) is 12.1 Å². The Kier molecular flexibility index (Phi) is 9.75. The Morgan fingerprint density at radius 1 is 1.18 bits per heavy atom. The first-order valence-corrected chi connectivity index (χ1v) is 11.5. The number of hydrogen-bond acceptors (Lipinski definition) is 6. The van der Waals surface area contributed by atoms with Crippen molar-refractivity contribution in [2.75, 3.05) is 53.0 Å². The molecule has 0 bridgehead atoms. The van der Waals surface area contributed by atoms with Crippen molar-refractivity contribution in [1.82, 2.24) is 29.9 Å². The van der Waals surface area contributed by atoms with Crippen LogP contribution in [0.5, 0.6) is 5.75 Å². The van der Waals surface area contributed by atoms with E-state index in [0.717, 1.165) is 82.1 Å². The number of hydrogen-bond donors (Lipinski definition) is 1. The minimum absolute atomic E-state index is 0. The number of guanidine groups is 1. The lowest BCUT2D eigenvalue weighted by Crippen LogP contribution is -2.47. The van der Waals surface area contributed by atoms with Crippen LogP contribution in [-0.2, 0) is 24.8 Å². The van der Waals surface area contributed by atoms with E-state index in [1.165, 1.54) is 5.56 Å². The molecule has 1 unspecified atom stereocenters. The molecule has 2 aliphatic rings. The summed E-state index contributed by atoms with van der Waals surface area (Å²) < 4.78 is 12.8. The first kappa shape index (κ1) is 25.7. The second kappa shape index (κ2) is 12.5. The van der Waals surface area contributed by atoms with Crippen molar-refractivity contribution < 1.29 is 9.47 Å². The molecule has 0 aliphatic carbocycles. The number of nitrogens with zero attached hydrogens (tertiary/aromatic N) is 6. The van der Waals surface area contributed by atoms with Gasteiger partial charge in [-0.05, 0) is 37.5 Å². The number of halogens is 1. The van der Waals surface area contributed by atoms with Gasteiger partial charge in [-0.2, -0.15) is 0 Å². The minimum atomic E-state index is 0. The molecule has 4 rings (SSSR count). The van der Waals surface area contributed by atoms with E-state index >= 15 is 0 Å². The first-order valence-electron chi connectivity index (χ1n) is 11.5. The molecule has 2 aliphatic heterocycles. The van der Waals surface area contributed by atoms with Crippen LogP contribution in [0.4, 0.5) is 0 Å². The highest BCUT2D eigenvalue weighted by Crippen LogP contribution is 2.17. The molecule has 1 N–H and O–H groups in total. The van der Waals surface area contributed by atoms with Crippen LogP contribution >= 0.6 is 24.0 Å². The standard InChI is InChI=1S/C23H35N7O2.HI/c1-18-26-27-22(28(18)2)16-25-23(24-10-8-19-4-6-21(31-3)7-5-19)30-11-9-20(17-30)29-12-14-32-15-13-29;/h4-7,20H,8-17H2,1-3H3,(H,24,25);1H. The molecule has 1 atom stereocenters. The van der Waals surface area contributed by atoms with E-state index in [2.05, 4.69) is 37.4 Å². The van der Waals surface area contributed by atoms with Gasteiger partial charge >= 0.3 is 0 Å². The molecule has 10 heteroatoms. The van der Waals surface area contributed by atoms with E-state index in [0.29, 0.717) is 12.6 Å². The van der Waals surface area contributed by atoms with Gasteiger partial charge < -0.3 is 24.3 Å². The number of rotatable bonds is 7. The van der Waals surface area contributed by atoms with Crippen molar-refractivity contribution in [3.05, 3.63) is 41.5 Å². The molecule has 0 radical (unpaired) electrons. The molecule has 9 nitrogen and oxygen atoms in total. The fraction of sp³-hybridized carbons (Fsp3) is 0.609. The van der Waals surface area contributed by atoms with E-state index in [1.807, 2.05) is 30.7 Å². The van der Waals surface area contributed by atoms with E-state index in [4.69, 9.17) is 14.5 Å². The Morgan fingerprint density at radius 2 is 1.94 bits per heavy atom. The van der Waals surface area contributed by atoms with Crippen LogP contribution in [-0.4, -0.2) is 89.6 Å². The lowest BCUT2D eigenvalue weighted by molar-refractivity contribution is 0.0195. The van der Waals surface area contributed by atoms with Gasteiger partial charge in [0.1, 0.15) is 18.1 Å². The molecule has 2 fully saturated rings. The highest BCUT2D eigenvalue weighted by atomic mass is 127. The molecule has 182 valence electrons. The van der Waals surface area contributed by atoms with Gasteiger partial charge in [0.05, 0.1) is 20.3 Å². The number of ether oxygens (including phenoxy) is 2. The maximum absolute atomic E-state index is 5.53. The number of benzene rings is 1. The number of nitrogens with one attached hydrogen (secondary N) is 1. The van der Waals surface area contributed by atoms with E-state index in [9.17, 15) is 0 Å². The fourth-order valence-electron chi connectivity index (χ4n) is 4.29. The van der Waals surface area contributed by atoms with Crippen LogP contribution in [0.1, 0.15) is 23.6 Å². The average molecular weight is 569 g/mol. The van der Waals surface area contributed by atoms with Crippen LogP contribution in [0.3, 0.4) is 0 Å². The summed E-state index contributed by atoms with van der Waals surface area (Å²) in [6.45, 7) is 9.01. The highest BCUT2D eigenvalue weighted by Gasteiger charge is 2.30. The predicted octanol–water partition coefficient (Wildman–Crippen LogP) is 1.84. The molecule has 0 spiro atoms. The van der Waals surface area contributed by atoms with Gasteiger partial charge in [0.25, 0.3) is 0 Å². The molecule has 33 heavy (non-hydrogen) atoms. The summed E-state index contributed by atoms with van der Waals surface area (Å²) in [6, 6.07) is 8.81. The van der Waals surface area contributed by atoms with E-state index in [-0.39, 0.29) is 24.0 Å². The zero-order valence-electron chi connectivity index (χ0n) is 19.9. The summed E-state index contributed by atoms with van der Waals surface area (Å²) >= 11 is 0. The van der Waals surface area contributed by atoms with Crippen molar-refractivity contribution in [2.24, 2.45) is 12.0 Å².